The zero-order chi connectivity index (χ0) is 22.8. The van der Waals surface area contributed by atoms with E-state index in [0.717, 1.165) is 0 Å². The molecule has 0 aliphatic carbocycles. The number of rotatable bonds is 5. The summed E-state index contributed by atoms with van der Waals surface area (Å²) in [4.78, 5) is 26.0. The van der Waals surface area contributed by atoms with Crippen LogP contribution in [0.1, 0.15) is 47.2 Å². The molecule has 8 nitrogen and oxygen atoms in total. The van der Waals surface area contributed by atoms with Crippen LogP contribution in [0.3, 0.4) is 0 Å². The lowest BCUT2D eigenvalue weighted by Gasteiger charge is -2.21. The molecule has 1 heterocycles. The third-order valence-electron chi connectivity index (χ3n) is 4.90. The fourth-order valence-corrected chi connectivity index (χ4v) is 4.57. The summed E-state index contributed by atoms with van der Waals surface area (Å²) in [5.74, 6) is 0.331. The second-order valence-corrected chi connectivity index (χ2v) is 8.70. The predicted octanol–water partition coefficient (Wildman–Crippen LogP) is 2.07. The van der Waals surface area contributed by atoms with Gasteiger partial charge in [0.15, 0.2) is 0 Å². The van der Waals surface area contributed by atoms with Gasteiger partial charge in [-0.2, -0.15) is 11.8 Å². The Morgan fingerprint density at radius 2 is 2.23 bits per heavy atom. The van der Waals surface area contributed by atoms with Crippen LogP contribution < -0.4 is 15.4 Å². The molecular formula is C21H30N2O6S2. The number of carbonyl (C=O) groups excluding carboxylic acids is 2. The third-order valence-corrected chi connectivity index (χ3v) is 6.28. The molecular weight excluding hydrogens is 440 g/mol. The third kappa shape index (κ3) is 7.26. The molecule has 1 aliphatic rings. The highest BCUT2D eigenvalue weighted by molar-refractivity contribution is 7.98. The summed E-state index contributed by atoms with van der Waals surface area (Å²) >= 11 is 6.77. The van der Waals surface area contributed by atoms with E-state index in [-0.39, 0.29) is 24.9 Å². The van der Waals surface area contributed by atoms with Crippen molar-refractivity contribution >= 4 is 40.8 Å². The molecule has 0 bridgehead atoms. The average molecular weight is 471 g/mol. The number of methoxy groups -OCH3 is 1. The number of amides is 1. The molecule has 1 aliphatic heterocycles. The Hall–Kier alpha value is -2.04. The van der Waals surface area contributed by atoms with Gasteiger partial charge in [0, 0.05) is 41.9 Å². The SMILES string of the molecule is COc1cc(O)c2c(c1C)C(=O)OCCCCC(=S)N[C@H](C(=O)NCCCO)CSC2. The number of hydrogen-bond donors (Lipinski definition) is 4. The monoisotopic (exact) mass is 470 g/mol. The Labute approximate surface area is 192 Å². The molecule has 1 aromatic rings. The van der Waals surface area contributed by atoms with Crippen LogP contribution in [0.4, 0.5) is 0 Å². The van der Waals surface area contributed by atoms with Crippen molar-refractivity contribution in [2.45, 2.75) is 44.4 Å². The molecule has 0 spiro atoms. The Morgan fingerprint density at radius 3 is 2.94 bits per heavy atom. The van der Waals surface area contributed by atoms with Gasteiger partial charge in [-0.25, -0.2) is 4.79 Å². The quantitative estimate of drug-likeness (QED) is 0.291. The first-order chi connectivity index (χ1) is 14.9. The summed E-state index contributed by atoms with van der Waals surface area (Å²) in [5.41, 5.74) is 1.35. The van der Waals surface area contributed by atoms with E-state index in [2.05, 4.69) is 10.6 Å². The van der Waals surface area contributed by atoms with E-state index in [1.807, 2.05) is 0 Å². The molecule has 0 unspecified atom stereocenters. The molecule has 10 heteroatoms. The highest BCUT2D eigenvalue weighted by Gasteiger charge is 2.25. The molecule has 4 N–H and O–H groups in total. The number of esters is 1. The molecule has 1 aromatic carbocycles. The average Bonchev–Trinajstić information content (AvgIpc) is 2.74. The second-order valence-electron chi connectivity index (χ2n) is 7.17. The van der Waals surface area contributed by atoms with Crippen LogP contribution >= 0.6 is 24.0 Å². The van der Waals surface area contributed by atoms with Crippen molar-refractivity contribution in [3.05, 3.63) is 22.8 Å². The number of thioether (sulfide) groups is 1. The van der Waals surface area contributed by atoms with E-state index >= 15 is 0 Å². The highest BCUT2D eigenvalue weighted by Crippen LogP contribution is 2.35. The van der Waals surface area contributed by atoms with Crippen molar-refractivity contribution in [3.8, 4) is 11.5 Å². The molecule has 0 radical (unpaired) electrons. The number of carbonyl (C=O) groups is 2. The number of ether oxygens (including phenoxy) is 2. The van der Waals surface area contributed by atoms with Crippen molar-refractivity contribution in [1.29, 1.82) is 0 Å². The maximum atomic E-state index is 12.8. The van der Waals surface area contributed by atoms with Gasteiger partial charge < -0.3 is 30.3 Å². The zero-order valence-corrected chi connectivity index (χ0v) is 19.5. The summed E-state index contributed by atoms with van der Waals surface area (Å²) in [5, 5.41) is 25.4. The van der Waals surface area contributed by atoms with Crippen molar-refractivity contribution in [3.63, 3.8) is 0 Å². The van der Waals surface area contributed by atoms with Crippen molar-refractivity contribution in [2.24, 2.45) is 0 Å². The lowest BCUT2D eigenvalue weighted by atomic mass is 10.0. The molecule has 0 aromatic heterocycles. The van der Waals surface area contributed by atoms with Crippen LogP contribution in [0, 0.1) is 6.92 Å². The number of phenols is 1. The Bertz CT molecular complexity index is 803. The topological polar surface area (TPSA) is 117 Å². The van der Waals surface area contributed by atoms with Crippen molar-refractivity contribution in [2.75, 3.05) is 32.6 Å². The normalized spacial score (nSPS) is 18.2. The number of fused-ring (bicyclic) bond motifs is 1. The minimum Gasteiger partial charge on any atom is -0.507 e. The smallest absolute Gasteiger partial charge is 0.338 e. The van der Waals surface area contributed by atoms with Gasteiger partial charge in [0.05, 0.1) is 24.3 Å². The van der Waals surface area contributed by atoms with Crippen molar-refractivity contribution < 1.29 is 29.3 Å². The summed E-state index contributed by atoms with van der Waals surface area (Å²) in [7, 11) is 1.48. The van der Waals surface area contributed by atoms with Crippen LogP contribution in [0.25, 0.3) is 0 Å². The van der Waals surface area contributed by atoms with Gasteiger partial charge in [-0.1, -0.05) is 12.2 Å². The minimum absolute atomic E-state index is 0.000507. The Morgan fingerprint density at radius 1 is 1.45 bits per heavy atom. The van der Waals surface area contributed by atoms with E-state index < -0.39 is 12.0 Å². The molecule has 0 saturated carbocycles. The number of hydrogen-bond acceptors (Lipinski definition) is 8. The second kappa shape index (κ2) is 12.7. The fourth-order valence-electron chi connectivity index (χ4n) is 3.20. The number of aliphatic hydroxyl groups is 1. The fraction of sp³-hybridized carbons (Fsp3) is 0.571. The van der Waals surface area contributed by atoms with E-state index in [1.54, 1.807) is 6.92 Å². The summed E-state index contributed by atoms with van der Waals surface area (Å²) in [6.45, 7) is 2.36. The van der Waals surface area contributed by atoms with Gasteiger partial charge >= 0.3 is 5.97 Å². The predicted molar refractivity (Wildman–Crippen MR) is 124 cm³/mol. The van der Waals surface area contributed by atoms with Crippen LogP contribution in [0.5, 0.6) is 11.5 Å². The van der Waals surface area contributed by atoms with E-state index in [0.29, 0.717) is 71.2 Å². The highest BCUT2D eigenvalue weighted by atomic mass is 32.2. The number of phenolic OH excluding ortho intramolecular Hbond substituents is 1. The first-order valence-electron chi connectivity index (χ1n) is 10.2. The standard InChI is InChI=1S/C21H30N2O6S2/c1-13-17(28-2)10-16(25)14-11-31-12-15(20(26)22-7-5-8-24)23-18(30)6-3-4-9-29-21(27)19(13)14/h10,15,24-25H,3-9,11-12H2,1-2H3,(H,22,26)(H,23,30)/t15-/m0/s1. The van der Waals surface area contributed by atoms with E-state index in [9.17, 15) is 14.7 Å². The lowest BCUT2D eigenvalue weighted by Crippen LogP contribution is -2.48. The molecule has 0 saturated heterocycles. The molecule has 2 rings (SSSR count). The Kier molecular flexibility index (Phi) is 10.4. The van der Waals surface area contributed by atoms with Gasteiger partial charge in [-0.3, -0.25) is 4.79 Å². The number of aliphatic hydroxyl groups excluding tert-OH is 1. The van der Waals surface area contributed by atoms with E-state index in [1.165, 1.54) is 24.9 Å². The number of benzene rings is 1. The maximum Gasteiger partial charge on any atom is 0.338 e. The van der Waals surface area contributed by atoms with Gasteiger partial charge in [0.25, 0.3) is 0 Å². The number of aromatic hydroxyl groups is 1. The minimum atomic E-state index is -0.559. The van der Waals surface area contributed by atoms with Crippen LogP contribution in [-0.2, 0) is 15.3 Å². The van der Waals surface area contributed by atoms with Crippen molar-refractivity contribution in [1.82, 2.24) is 10.6 Å². The van der Waals surface area contributed by atoms with Gasteiger partial charge in [-0.05, 0) is 32.6 Å². The number of cyclic esters (lactones) is 1. The van der Waals surface area contributed by atoms with Gasteiger partial charge in [-0.15, -0.1) is 0 Å². The summed E-state index contributed by atoms with van der Waals surface area (Å²) < 4.78 is 10.7. The van der Waals surface area contributed by atoms with Gasteiger partial charge in [0.1, 0.15) is 17.5 Å². The maximum absolute atomic E-state index is 12.8. The molecule has 1 atom stereocenters. The first kappa shape index (κ1) is 25.2. The molecule has 0 fully saturated rings. The van der Waals surface area contributed by atoms with Crippen LogP contribution in [-0.4, -0.2) is 65.7 Å². The first-order valence-corrected chi connectivity index (χ1v) is 11.8. The van der Waals surface area contributed by atoms with E-state index in [4.69, 9.17) is 26.8 Å². The van der Waals surface area contributed by atoms with Crippen LogP contribution in [0.2, 0.25) is 0 Å². The molecule has 31 heavy (non-hydrogen) atoms. The molecule has 172 valence electrons. The largest absolute Gasteiger partial charge is 0.507 e. The van der Waals surface area contributed by atoms with Gasteiger partial charge in [0.2, 0.25) is 5.91 Å². The zero-order valence-electron chi connectivity index (χ0n) is 17.9. The number of thiocarbonyl (C=S) groups is 1. The Balaban J connectivity index is 2.27. The van der Waals surface area contributed by atoms with Crippen LogP contribution in [0.15, 0.2) is 6.07 Å². The number of nitrogens with one attached hydrogen (secondary N) is 2. The summed E-state index contributed by atoms with van der Waals surface area (Å²) in [6, 6.07) is 0.924. The summed E-state index contributed by atoms with van der Waals surface area (Å²) in [6.07, 6.45) is 2.39. The lowest BCUT2D eigenvalue weighted by molar-refractivity contribution is -0.122. The molecule has 1 amide bonds.